The van der Waals surface area contributed by atoms with E-state index in [0.717, 1.165) is 0 Å². The number of hydrogen-bond acceptors (Lipinski definition) is 4. The first kappa shape index (κ1) is 11.3. The molecule has 0 radical (unpaired) electrons. The third kappa shape index (κ3) is 2.37. The lowest BCUT2D eigenvalue weighted by Gasteiger charge is -2.07. The Morgan fingerprint density at radius 3 is 2.53 bits per heavy atom. The van der Waals surface area contributed by atoms with Gasteiger partial charge in [-0.1, -0.05) is 0 Å². The molecule has 0 fully saturated rings. The smallest absolute Gasteiger partial charge is 0.290 e. The number of aromatic nitrogens is 1. The number of hydrogen-bond donors (Lipinski definition) is 0. The Labute approximate surface area is 87.3 Å². The molecular weight excluding hydrogens is 196 g/mol. The molecule has 0 aliphatic heterocycles. The van der Waals surface area contributed by atoms with Gasteiger partial charge in [0.25, 0.3) is 5.69 Å². The van der Waals surface area contributed by atoms with Crippen molar-refractivity contribution in [1.82, 2.24) is 4.98 Å². The molecule has 5 nitrogen and oxygen atoms in total. The van der Waals surface area contributed by atoms with Crippen LogP contribution in [-0.4, -0.2) is 15.7 Å². The van der Waals surface area contributed by atoms with Crippen molar-refractivity contribution in [2.45, 2.75) is 26.7 Å². The summed E-state index contributed by atoms with van der Waals surface area (Å²) in [5.41, 5.74) is 0.894. The molecule has 80 valence electrons. The highest BCUT2D eigenvalue weighted by Crippen LogP contribution is 2.20. The number of carbonyl (C=O) groups is 1. The van der Waals surface area contributed by atoms with Crippen molar-refractivity contribution in [3.8, 4) is 0 Å². The fourth-order valence-corrected chi connectivity index (χ4v) is 1.22. The summed E-state index contributed by atoms with van der Waals surface area (Å²) in [5, 5.41) is 10.5. The van der Waals surface area contributed by atoms with Crippen LogP contribution < -0.4 is 0 Å². The van der Waals surface area contributed by atoms with Gasteiger partial charge < -0.3 is 0 Å². The quantitative estimate of drug-likeness (QED) is 0.562. The zero-order chi connectivity index (χ0) is 11.6. The highest BCUT2D eigenvalue weighted by Gasteiger charge is 2.16. The minimum Gasteiger partial charge on any atom is -0.299 e. The lowest BCUT2D eigenvalue weighted by molar-refractivity contribution is -0.385. The Kier molecular flexibility index (Phi) is 3.14. The normalized spacial score (nSPS) is 12.2. The second-order valence-corrected chi connectivity index (χ2v) is 3.43. The molecule has 1 aromatic rings. The zero-order valence-corrected chi connectivity index (χ0v) is 8.85. The number of rotatable bonds is 3. The highest BCUT2D eigenvalue weighted by molar-refractivity contribution is 5.82. The number of nitro groups is 1. The second-order valence-electron chi connectivity index (χ2n) is 3.43. The summed E-state index contributed by atoms with van der Waals surface area (Å²) >= 11 is 0. The zero-order valence-electron chi connectivity index (χ0n) is 8.85. The van der Waals surface area contributed by atoms with E-state index in [2.05, 4.69) is 4.98 Å². The molecule has 0 saturated carbocycles. The molecule has 1 atom stereocenters. The van der Waals surface area contributed by atoms with Gasteiger partial charge in [0, 0.05) is 6.07 Å². The van der Waals surface area contributed by atoms with Gasteiger partial charge in [0.15, 0.2) is 0 Å². The Bertz CT molecular complexity index is 415. The molecule has 0 N–H and O–H groups in total. The lowest BCUT2D eigenvalue weighted by atomic mass is 10.0. The molecule has 0 aromatic carbocycles. The van der Waals surface area contributed by atoms with Crippen molar-refractivity contribution in [2.24, 2.45) is 0 Å². The summed E-state index contributed by atoms with van der Waals surface area (Å²) in [6.45, 7) is 4.77. The Hall–Kier alpha value is -1.78. The predicted molar refractivity (Wildman–Crippen MR) is 54.7 cm³/mol. The van der Waals surface area contributed by atoms with Gasteiger partial charge in [-0.25, -0.2) is 0 Å². The summed E-state index contributed by atoms with van der Waals surface area (Å²) in [4.78, 5) is 25.2. The minimum atomic E-state index is -0.482. The van der Waals surface area contributed by atoms with Gasteiger partial charge in [-0.15, -0.1) is 0 Å². The number of pyridine rings is 1. The molecule has 0 aliphatic rings. The van der Waals surface area contributed by atoms with E-state index >= 15 is 0 Å². The van der Waals surface area contributed by atoms with E-state index < -0.39 is 4.92 Å². The molecule has 0 spiro atoms. The van der Waals surface area contributed by atoms with E-state index in [9.17, 15) is 14.9 Å². The van der Waals surface area contributed by atoms with Gasteiger partial charge in [-0.3, -0.25) is 19.9 Å². The van der Waals surface area contributed by atoms with Gasteiger partial charge >= 0.3 is 0 Å². The standard InChI is InChI=1S/C10H12N2O3/c1-6(8(3)13)9-4-5-10(12(14)15)7(2)11-9/h4-6H,1-3H3. The van der Waals surface area contributed by atoms with Gasteiger partial charge in [0.1, 0.15) is 11.5 Å². The molecule has 0 aliphatic carbocycles. The summed E-state index contributed by atoms with van der Waals surface area (Å²) in [5.74, 6) is -0.319. The molecule has 0 amide bonds. The number of ketones is 1. The van der Waals surface area contributed by atoms with Crippen molar-refractivity contribution in [3.05, 3.63) is 33.6 Å². The summed E-state index contributed by atoms with van der Waals surface area (Å²) in [6.07, 6.45) is 0. The van der Waals surface area contributed by atoms with E-state index in [1.807, 2.05) is 0 Å². The van der Waals surface area contributed by atoms with Crippen molar-refractivity contribution >= 4 is 11.5 Å². The average Bonchev–Trinajstić information content (AvgIpc) is 2.15. The Morgan fingerprint density at radius 2 is 2.13 bits per heavy atom. The topological polar surface area (TPSA) is 73.1 Å². The van der Waals surface area contributed by atoms with Crippen LogP contribution in [0.3, 0.4) is 0 Å². The average molecular weight is 208 g/mol. The van der Waals surface area contributed by atoms with Crippen LogP contribution in [0.4, 0.5) is 5.69 Å². The molecule has 5 heteroatoms. The molecule has 0 saturated heterocycles. The van der Waals surface area contributed by atoms with Gasteiger partial charge in [-0.05, 0) is 26.8 Å². The van der Waals surface area contributed by atoms with Crippen LogP contribution >= 0.6 is 0 Å². The molecule has 15 heavy (non-hydrogen) atoms. The molecule has 1 rings (SSSR count). The molecule has 1 heterocycles. The van der Waals surface area contributed by atoms with Crippen LogP contribution in [0.25, 0.3) is 0 Å². The number of nitrogens with zero attached hydrogens (tertiary/aromatic N) is 2. The van der Waals surface area contributed by atoms with Crippen LogP contribution in [-0.2, 0) is 4.79 Å². The Morgan fingerprint density at radius 1 is 1.53 bits per heavy atom. The predicted octanol–water partition coefficient (Wildman–Crippen LogP) is 1.99. The van der Waals surface area contributed by atoms with E-state index in [1.165, 1.54) is 19.1 Å². The van der Waals surface area contributed by atoms with Crippen molar-refractivity contribution in [1.29, 1.82) is 0 Å². The van der Waals surface area contributed by atoms with Gasteiger partial charge in [0.2, 0.25) is 0 Å². The molecule has 1 unspecified atom stereocenters. The maximum absolute atomic E-state index is 11.1. The lowest BCUT2D eigenvalue weighted by Crippen LogP contribution is -2.07. The fraction of sp³-hybridized carbons (Fsp3) is 0.400. The van der Waals surface area contributed by atoms with Gasteiger partial charge in [0.05, 0.1) is 16.5 Å². The van der Waals surface area contributed by atoms with Crippen LogP contribution in [0.2, 0.25) is 0 Å². The fourth-order valence-electron chi connectivity index (χ4n) is 1.22. The third-order valence-electron chi connectivity index (χ3n) is 2.33. The van der Waals surface area contributed by atoms with Crippen molar-refractivity contribution in [3.63, 3.8) is 0 Å². The van der Waals surface area contributed by atoms with E-state index in [4.69, 9.17) is 0 Å². The van der Waals surface area contributed by atoms with E-state index in [1.54, 1.807) is 13.8 Å². The number of aryl methyl sites for hydroxylation is 1. The summed E-state index contributed by atoms with van der Waals surface area (Å²) in [7, 11) is 0. The largest absolute Gasteiger partial charge is 0.299 e. The SMILES string of the molecule is CC(=O)C(C)c1ccc([N+](=O)[O-])c(C)n1. The molecule has 1 aromatic heterocycles. The first-order valence-electron chi connectivity index (χ1n) is 4.56. The highest BCUT2D eigenvalue weighted by atomic mass is 16.6. The van der Waals surface area contributed by atoms with Crippen LogP contribution in [0, 0.1) is 17.0 Å². The number of Topliss-reactive ketones (excluding diaryl/α,β-unsaturated/α-hetero) is 1. The molecule has 0 bridgehead atoms. The van der Waals surface area contributed by atoms with Crippen molar-refractivity contribution in [2.75, 3.05) is 0 Å². The van der Waals surface area contributed by atoms with E-state index in [-0.39, 0.29) is 17.4 Å². The van der Waals surface area contributed by atoms with Crippen molar-refractivity contribution < 1.29 is 9.72 Å². The maximum atomic E-state index is 11.1. The Balaban J connectivity index is 3.12. The monoisotopic (exact) mass is 208 g/mol. The second kappa shape index (κ2) is 4.16. The minimum absolute atomic E-state index is 0.00393. The summed E-state index contributed by atoms with van der Waals surface area (Å²) < 4.78 is 0. The van der Waals surface area contributed by atoms with Crippen LogP contribution in [0.1, 0.15) is 31.2 Å². The van der Waals surface area contributed by atoms with Gasteiger partial charge in [-0.2, -0.15) is 0 Å². The third-order valence-corrected chi connectivity index (χ3v) is 2.33. The number of carbonyl (C=O) groups excluding carboxylic acids is 1. The van der Waals surface area contributed by atoms with Crippen LogP contribution in [0.15, 0.2) is 12.1 Å². The maximum Gasteiger partial charge on any atom is 0.290 e. The molecular formula is C10H12N2O3. The van der Waals surface area contributed by atoms with Crippen LogP contribution in [0.5, 0.6) is 0 Å². The summed E-state index contributed by atoms with van der Waals surface area (Å²) in [6, 6.07) is 2.91. The first-order chi connectivity index (χ1) is 6.93. The first-order valence-corrected chi connectivity index (χ1v) is 4.56. The van der Waals surface area contributed by atoms with E-state index in [0.29, 0.717) is 11.4 Å².